The minimum absolute atomic E-state index is 0.606. The molecule has 1 aromatic rings. The van der Waals surface area contributed by atoms with Crippen LogP contribution in [0.3, 0.4) is 0 Å². The van der Waals surface area contributed by atoms with Crippen molar-refractivity contribution in [3.63, 3.8) is 0 Å². The Kier molecular flexibility index (Phi) is 3.71. The molecule has 1 saturated carbocycles. The molecular formula is C11H18N4O2. The zero-order valence-corrected chi connectivity index (χ0v) is 10.0. The van der Waals surface area contributed by atoms with Gasteiger partial charge in [0.25, 0.3) is 0 Å². The van der Waals surface area contributed by atoms with Crippen molar-refractivity contribution < 1.29 is 9.90 Å². The molecule has 6 nitrogen and oxygen atoms in total. The minimum Gasteiger partial charge on any atom is -0.480 e. The number of carboxylic acids is 1. The number of nitrogens with zero attached hydrogens (tertiary/aromatic N) is 4. The molecule has 2 rings (SSSR count). The third-order valence-electron chi connectivity index (χ3n) is 3.48. The van der Waals surface area contributed by atoms with Gasteiger partial charge in [-0.05, 0) is 23.3 Å². The Labute approximate surface area is 100 Å². The van der Waals surface area contributed by atoms with Gasteiger partial charge >= 0.3 is 5.97 Å². The van der Waals surface area contributed by atoms with Gasteiger partial charge < -0.3 is 5.11 Å². The second kappa shape index (κ2) is 5.25. The van der Waals surface area contributed by atoms with Gasteiger partial charge in [-0.3, -0.25) is 0 Å². The molecule has 17 heavy (non-hydrogen) atoms. The quantitative estimate of drug-likeness (QED) is 0.858. The standard InChI is InChI=1S/C11H18N4O2/c1-8(11(16)17)15-10(12-13-14-15)7-9-5-3-2-4-6-9/h8-9H,2-7H2,1H3,(H,16,17). The van der Waals surface area contributed by atoms with Crippen LogP contribution in [0, 0.1) is 5.92 Å². The first-order chi connectivity index (χ1) is 8.18. The second-order valence-electron chi connectivity index (χ2n) is 4.76. The van der Waals surface area contributed by atoms with E-state index in [1.165, 1.54) is 36.8 Å². The predicted octanol–water partition coefficient (Wildman–Crippen LogP) is 1.44. The summed E-state index contributed by atoms with van der Waals surface area (Å²) >= 11 is 0. The van der Waals surface area contributed by atoms with Gasteiger partial charge in [0.1, 0.15) is 6.04 Å². The van der Waals surface area contributed by atoms with E-state index in [9.17, 15) is 4.79 Å². The molecule has 1 aliphatic rings. The van der Waals surface area contributed by atoms with Crippen LogP contribution in [0.25, 0.3) is 0 Å². The van der Waals surface area contributed by atoms with E-state index in [-0.39, 0.29) is 0 Å². The Hall–Kier alpha value is -1.46. The van der Waals surface area contributed by atoms with Gasteiger partial charge in [-0.15, -0.1) is 5.10 Å². The topological polar surface area (TPSA) is 80.9 Å². The van der Waals surface area contributed by atoms with Crippen molar-refractivity contribution in [3.8, 4) is 0 Å². The third kappa shape index (κ3) is 2.81. The van der Waals surface area contributed by atoms with Gasteiger partial charge in [-0.25, -0.2) is 9.48 Å². The van der Waals surface area contributed by atoms with Crippen LogP contribution in [-0.4, -0.2) is 31.3 Å². The molecule has 0 aliphatic heterocycles. The molecule has 1 atom stereocenters. The van der Waals surface area contributed by atoms with Gasteiger partial charge in [0, 0.05) is 6.42 Å². The molecule has 0 radical (unpaired) electrons. The summed E-state index contributed by atoms with van der Waals surface area (Å²) in [5, 5.41) is 20.3. The van der Waals surface area contributed by atoms with E-state index in [4.69, 9.17) is 5.11 Å². The van der Waals surface area contributed by atoms with Crippen LogP contribution in [0.2, 0.25) is 0 Å². The maximum Gasteiger partial charge on any atom is 0.328 e. The summed E-state index contributed by atoms with van der Waals surface area (Å²) in [5.41, 5.74) is 0. The molecule has 0 amide bonds. The zero-order chi connectivity index (χ0) is 12.3. The molecule has 6 heteroatoms. The van der Waals surface area contributed by atoms with Crippen LogP contribution in [0.1, 0.15) is 50.9 Å². The molecule has 0 bridgehead atoms. The molecule has 1 heterocycles. The number of carboxylic acid groups (broad SMARTS) is 1. The Morgan fingerprint density at radius 2 is 2.18 bits per heavy atom. The fourth-order valence-corrected chi connectivity index (χ4v) is 2.40. The van der Waals surface area contributed by atoms with E-state index in [2.05, 4.69) is 15.5 Å². The lowest BCUT2D eigenvalue weighted by Gasteiger charge is -2.21. The maximum absolute atomic E-state index is 10.9. The van der Waals surface area contributed by atoms with Gasteiger partial charge in [0.15, 0.2) is 5.82 Å². The summed E-state index contributed by atoms with van der Waals surface area (Å²) < 4.78 is 1.43. The van der Waals surface area contributed by atoms with Crippen LogP contribution in [0.5, 0.6) is 0 Å². The summed E-state index contributed by atoms with van der Waals surface area (Å²) in [6.45, 7) is 1.60. The summed E-state index contributed by atoms with van der Waals surface area (Å²) in [6, 6.07) is -0.691. The summed E-state index contributed by atoms with van der Waals surface area (Å²) in [6.07, 6.45) is 7.04. The largest absolute Gasteiger partial charge is 0.480 e. The first-order valence-corrected chi connectivity index (χ1v) is 6.18. The number of tetrazole rings is 1. The number of hydrogen-bond acceptors (Lipinski definition) is 4. The van der Waals surface area contributed by atoms with Crippen molar-refractivity contribution in [2.45, 2.75) is 51.5 Å². The SMILES string of the molecule is CC(C(=O)O)n1nnnc1CC1CCCCC1. The fraction of sp³-hybridized carbons (Fsp3) is 0.818. The van der Waals surface area contributed by atoms with E-state index in [0.29, 0.717) is 11.7 Å². The number of rotatable bonds is 4. The normalized spacial score (nSPS) is 19.1. The molecule has 1 aromatic heterocycles. The monoisotopic (exact) mass is 238 g/mol. The number of aliphatic carboxylic acids is 1. The predicted molar refractivity (Wildman–Crippen MR) is 60.4 cm³/mol. The molecule has 1 fully saturated rings. The lowest BCUT2D eigenvalue weighted by molar-refractivity contribution is -0.140. The van der Waals surface area contributed by atoms with Crippen LogP contribution in [0.15, 0.2) is 0 Å². The van der Waals surface area contributed by atoms with Crippen LogP contribution < -0.4 is 0 Å². The summed E-state index contributed by atoms with van der Waals surface area (Å²) in [7, 11) is 0. The first-order valence-electron chi connectivity index (χ1n) is 6.18. The Balaban J connectivity index is 2.05. The molecule has 0 aromatic carbocycles. The van der Waals surface area contributed by atoms with Crippen molar-refractivity contribution in [1.29, 1.82) is 0 Å². The van der Waals surface area contributed by atoms with Crippen molar-refractivity contribution in [2.24, 2.45) is 5.92 Å². The molecule has 1 unspecified atom stereocenters. The summed E-state index contributed by atoms with van der Waals surface area (Å²) in [5.74, 6) is 0.406. The molecule has 94 valence electrons. The first kappa shape index (κ1) is 12.0. The lowest BCUT2D eigenvalue weighted by Crippen LogP contribution is -2.21. The van der Waals surface area contributed by atoms with Gasteiger partial charge in [0.05, 0.1) is 0 Å². The van der Waals surface area contributed by atoms with Crippen LogP contribution in [-0.2, 0) is 11.2 Å². The third-order valence-corrected chi connectivity index (χ3v) is 3.48. The number of aromatic nitrogens is 4. The molecule has 0 spiro atoms. The second-order valence-corrected chi connectivity index (χ2v) is 4.76. The smallest absolute Gasteiger partial charge is 0.328 e. The van der Waals surface area contributed by atoms with Crippen molar-refractivity contribution in [3.05, 3.63) is 5.82 Å². The van der Waals surface area contributed by atoms with Crippen molar-refractivity contribution in [2.75, 3.05) is 0 Å². The van der Waals surface area contributed by atoms with Crippen molar-refractivity contribution >= 4 is 5.97 Å². The highest BCUT2D eigenvalue weighted by Crippen LogP contribution is 2.26. The molecular weight excluding hydrogens is 220 g/mol. The van der Waals surface area contributed by atoms with Gasteiger partial charge in [-0.2, -0.15) is 0 Å². The lowest BCUT2D eigenvalue weighted by atomic mass is 9.87. The van der Waals surface area contributed by atoms with Crippen LogP contribution in [0.4, 0.5) is 0 Å². The van der Waals surface area contributed by atoms with E-state index in [0.717, 1.165) is 6.42 Å². The zero-order valence-electron chi connectivity index (χ0n) is 10.0. The average Bonchev–Trinajstić information content (AvgIpc) is 2.77. The highest BCUT2D eigenvalue weighted by atomic mass is 16.4. The number of hydrogen-bond donors (Lipinski definition) is 1. The van der Waals surface area contributed by atoms with E-state index in [1.807, 2.05) is 0 Å². The summed E-state index contributed by atoms with van der Waals surface area (Å²) in [4.78, 5) is 10.9. The van der Waals surface area contributed by atoms with E-state index >= 15 is 0 Å². The van der Waals surface area contributed by atoms with Crippen molar-refractivity contribution in [1.82, 2.24) is 20.2 Å². The van der Waals surface area contributed by atoms with Gasteiger partial charge in [-0.1, -0.05) is 32.1 Å². The van der Waals surface area contributed by atoms with E-state index in [1.54, 1.807) is 6.92 Å². The molecule has 1 N–H and O–H groups in total. The molecule has 1 aliphatic carbocycles. The highest BCUT2D eigenvalue weighted by Gasteiger charge is 2.22. The Morgan fingerprint density at radius 3 is 2.82 bits per heavy atom. The fourth-order valence-electron chi connectivity index (χ4n) is 2.40. The Bertz CT molecular complexity index is 385. The van der Waals surface area contributed by atoms with Crippen LogP contribution >= 0.6 is 0 Å². The molecule has 0 saturated heterocycles. The Morgan fingerprint density at radius 1 is 1.47 bits per heavy atom. The van der Waals surface area contributed by atoms with Gasteiger partial charge in [0.2, 0.25) is 0 Å². The maximum atomic E-state index is 10.9. The average molecular weight is 238 g/mol. The minimum atomic E-state index is -0.901. The highest BCUT2D eigenvalue weighted by molar-refractivity contribution is 5.71. The number of carbonyl (C=O) groups is 1. The van der Waals surface area contributed by atoms with E-state index < -0.39 is 12.0 Å².